The lowest BCUT2D eigenvalue weighted by Gasteiger charge is -2.30. The quantitative estimate of drug-likeness (QED) is 0.167. The summed E-state index contributed by atoms with van der Waals surface area (Å²) in [4.78, 5) is 13.1. The summed E-state index contributed by atoms with van der Waals surface area (Å²) in [6, 6.07) is 70.1. The van der Waals surface area contributed by atoms with Gasteiger partial charge in [-0.15, -0.1) is 22.7 Å². The van der Waals surface area contributed by atoms with Crippen LogP contribution in [0.3, 0.4) is 0 Å². The molecule has 0 bridgehead atoms. The van der Waals surface area contributed by atoms with Crippen molar-refractivity contribution >= 4 is 80.0 Å². The molecule has 0 fully saturated rings. The van der Waals surface area contributed by atoms with Crippen molar-refractivity contribution in [3.05, 3.63) is 223 Å². The van der Waals surface area contributed by atoms with Crippen LogP contribution in [0.2, 0.25) is 0 Å². The standard InChI is InChI=1S/C58H37N3S2/c1-4-15-36(16-5-1)39-27-28-46-52(32-39)61(51-30-29-45-43-23-10-12-25-53(43)63-57(45)55(46)51)42-33-47(56-48(34-42)44-24-11-13-26-54(44)62-56)40-21-14-22-41(31-40)58-59-49(37-17-6-2-7-18-37)35-50(60-58)38-19-8-3-9-20-38/h1-35,46,52H. The van der Waals surface area contributed by atoms with E-state index in [-0.39, 0.29) is 12.0 Å². The first kappa shape index (κ1) is 36.2. The topological polar surface area (TPSA) is 29.0 Å². The average molecular weight is 840 g/mol. The molecule has 13 rings (SSSR count). The zero-order valence-corrected chi connectivity index (χ0v) is 35.7. The fourth-order valence-corrected chi connectivity index (χ4v) is 12.4. The second kappa shape index (κ2) is 14.6. The van der Waals surface area contributed by atoms with Gasteiger partial charge in [0.25, 0.3) is 0 Å². The zero-order valence-electron chi connectivity index (χ0n) is 34.0. The molecule has 2 unspecified atom stereocenters. The Morgan fingerprint density at radius 3 is 1.73 bits per heavy atom. The van der Waals surface area contributed by atoms with Crippen LogP contribution in [-0.4, -0.2) is 16.0 Å². The summed E-state index contributed by atoms with van der Waals surface area (Å²) in [6.07, 6.45) is 7.32. The summed E-state index contributed by atoms with van der Waals surface area (Å²) in [5.41, 5.74) is 13.6. The first-order valence-corrected chi connectivity index (χ1v) is 23.1. The molecule has 8 aromatic carbocycles. The van der Waals surface area contributed by atoms with Gasteiger partial charge in [-0.25, -0.2) is 9.97 Å². The Labute approximate surface area is 373 Å². The molecule has 0 saturated carbocycles. The largest absolute Gasteiger partial charge is 0.333 e. The molecule has 0 spiro atoms. The molecule has 11 aromatic rings. The van der Waals surface area contributed by atoms with Crippen molar-refractivity contribution < 1.29 is 0 Å². The maximum Gasteiger partial charge on any atom is 0.160 e. The van der Waals surface area contributed by atoms with E-state index in [1.807, 2.05) is 34.8 Å². The van der Waals surface area contributed by atoms with E-state index >= 15 is 0 Å². The fourth-order valence-electron chi connectivity index (χ4n) is 9.87. The number of benzene rings is 8. The number of allylic oxidation sites excluding steroid dienone is 2. The lowest BCUT2D eigenvalue weighted by atomic mass is 9.86. The lowest BCUT2D eigenvalue weighted by Crippen LogP contribution is -2.29. The van der Waals surface area contributed by atoms with Crippen LogP contribution in [0.25, 0.3) is 90.9 Å². The van der Waals surface area contributed by atoms with E-state index in [0.29, 0.717) is 5.82 Å². The molecule has 2 atom stereocenters. The molecule has 296 valence electrons. The number of hydrogen-bond acceptors (Lipinski definition) is 5. The van der Waals surface area contributed by atoms with Crippen LogP contribution in [0.5, 0.6) is 0 Å². The van der Waals surface area contributed by atoms with Crippen LogP contribution in [-0.2, 0) is 0 Å². The van der Waals surface area contributed by atoms with E-state index in [9.17, 15) is 0 Å². The Morgan fingerprint density at radius 1 is 0.444 bits per heavy atom. The SMILES string of the molecule is C1=CC2c3c(ccc4c3sc3ccccc34)N(c3cc(-c4cccc(-c5nc(-c6ccccc6)cc(-c6ccccc6)n5)c4)c4sc5ccccc5c4c3)C2C=C1c1ccccc1. The molecule has 0 N–H and O–H groups in total. The van der Waals surface area contributed by atoms with Crippen LogP contribution in [0, 0.1) is 0 Å². The van der Waals surface area contributed by atoms with Crippen molar-refractivity contribution in [2.75, 3.05) is 4.90 Å². The first-order valence-electron chi connectivity index (χ1n) is 21.5. The van der Waals surface area contributed by atoms with E-state index in [1.54, 1.807) is 0 Å². The van der Waals surface area contributed by atoms with Gasteiger partial charge in [0, 0.05) is 85.5 Å². The normalized spacial score (nSPS) is 15.6. The summed E-state index contributed by atoms with van der Waals surface area (Å²) in [7, 11) is 0. The second-order valence-electron chi connectivity index (χ2n) is 16.4. The van der Waals surface area contributed by atoms with Gasteiger partial charge in [0.15, 0.2) is 5.82 Å². The maximum atomic E-state index is 5.23. The Bertz CT molecular complexity index is 3580. The summed E-state index contributed by atoms with van der Waals surface area (Å²) < 4.78 is 5.28. The van der Waals surface area contributed by atoms with Crippen molar-refractivity contribution in [1.29, 1.82) is 0 Å². The van der Waals surface area contributed by atoms with Crippen LogP contribution >= 0.6 is 22.7 Å². The Hall–Kier alpha value is -7.44. The second-order valence-corrected chi connectivity index (χ2v) is 18.6. The Kier molecular flexibility index (Phi) is 8.39. The highest BCUT2D eigenvalue weighted by Gasteiger charge is 2.40. The molecule has 1 aliphatic carbocycles. The van der Waals surface area contributed by atoms with Gasteiger partial charge in [-0.3, -0.25) is 0 Å². The Morgan fingerprint density at radius 2 is 1.03 bits per heavy atom. The molecule has 0 saturated heterocycles. The van der Waals surface area contributed by atoms with Crippen molar-refractivity contribution in [3.63, 3.8) is 0 Å². The van der Waals surface area contributed by atoms with E-state index < -0.39 is 0 Å². The number of rotatable bonds is 6. The van der Waals surface area contributed by atoms with Crippen molar-refractivity contribution in [2.45, 2.75) is 12.0 Å². The van der Waals surface area contributed by atoms with E-state index in [1.165, 1.54) is 74.0 Å². The monoisotopic (exact) mass is 839 g/mol. The predicted molar refractivity (Wildman–Crippen MR) is 268 cm³/mol. The third-order valence-corrected chi connectivity index (χ3v) is 15.2. The third kappa shape index (κ3) is 6.00. The van der Waals surface area contributed by atoms with Crippen molar-refractivity contribution in [1.82, 2.24) is 9.97 Å². The number of fused-ring (bicyclic) bond motifs is 10. The molecular weight excluding hydrogens is 803 g/mol. The highest BCUT2D eigenvalue weighted by molar-refractivity contribution is 7.26. The minimum Gasteiger partial charge on any atom is -0.333 e. The fraction of sp³-hybridized carbons (Fsp3) is 0.0345. The molecule has 4 heterocycles. The van der Waals surface area contributed by atoms with Crippen molar-refractivity contribution in [2.24, 2.45) is 0 Å². The summed E-state index contributed by atoms with van der Waals surface area (Å²) in [5.74, 6) is 0.899. The first-order chi connectivity index (χ1) is 31.2. The average Bonchev–Trinajstić information content (AvgIpc) is 4.04. The summed E-state index contributed by atoms with van der Waals surface area (Å²) in [5, 5.41) is 5.22. The minimum atomic E-state index is 0.0862. The summed E-state index contributed by atoms with van der Waals surface area (Å²) >= 11 is 3.80. The minimum absolute atomic E-state index is 0.0862. The number of anilines is 2. The number of nitrogens with zero attached hydrogens (tertiary/aromatic N) is 3. The van der Waals surface area contributed by atoms with Gasteiger partial charge in [-0.2, -0.15) is 0 Å². The van der Waals surface area contributed by atoms with Crippen LogP contribution in [0.1, 0.15) is 17.0 Å². The van der Waals surface area contributed by atoms with Gasteiger partial charge in [0.1, 0.15) is 0 Å². The van der Waals surface area contributed by atoms with E-state index in [2.05, 4.69) is 205 Å². The molecular formula is C58H37N3S2. The van der Waals surface area contributed by atoms with Gasteiger partial charge in [0.05, 0.1) is 17.4 Å². The molecule has 3 aromatic heterocycles. The van der Waals surface area contributed by atoms with Gasteiger partial charge in [-0.05, 0) is 59.2 Å². The number of aromatic nitrogens is 2. The summed E-state index contributed by atoms with van der Waals surface area (Å²) in [6.45, 7) is 0. The molecule has 3 nitrogen and oxygen atoms in total. The van der Waals surface area contributed by atoms with Gasteiger partial charge in [0.2, 0.25) is 0 Å². The molecule has 0 radical (unpaired) electrons. The lowest BCUT2D eigenvalue weighted by molar-refractivity contribution is 0.750. The number of hydrogen-bond donors (Lipinski definition) is 0. The van der Waals surface area contributed by atoms with Gasteiger partial charge < -0.3 is 4.90 Å². The van der Waals surface area contributed by atoms with Crippen molar-refractivity contribution in [3.8, 4) is 45.0 Å². The predicted octanol–water partition coefficient (Wildman–Crippen LogP) is 16.1. The van der Waals surface area contributed by atoms with E-state index in [4.69, 9.17) is 9.97 Å². The van der Waals surface area contributed by atoms with Gasteiger partial charge >= 0.3 is 0 Å². The maximum absolute atomic E-state index is 5.23. The zero-order chi connectivity index (χ0) is 41.4. The third-order valence-electron chi connectivity index (χ3n) is 12.8. The number of thiophene rings is 2. The van der Waals surface area contributed by atoms with Crippen LogP contribution < -0.4 is 4.90 Å². The molecule has 2 aliphatic rings. The Balaban J connectivity index is 1.03. The van der Waals surface area contributed by atoms with Gasteiger partial charge in [-0.1, -0.05) is 170 Å². The highest BCUT2D eigenvalue weighted by atomic mass is 32.1. The van der Waals surface area contributed by atoms with Crippen LogP contribution in [0.4, 0.5) is 11.4 Å². The van der Waals surface area contributed by atoms with E-state index in [0.717, 1.165) is 33.6 Å². The molecule has 5 heteroatoms. The highest BCUT2D eigenvalue weighted by Crippen LogP contribution is 2.55. The smallest absolute Gasteiger partial charge is 0.160 e. The van der Waals surface area contributed by atoms with Crippen LogP contribution in [0.15, 0.2) is 212 Å². The molecule has 0 amide bonds. The molecule has 1 aliphatic heterocycles. The molecule has 63 heavy (non-hydrogen) atoms.